The number of nitrogens with zero attached hydrogens (tertiary/aromatic N) is 3. The number of aromatic nitrogens is 3. The van der Waals surface area contributed by atoms with Gasteiger partial charge >= 0.3 is 5.97 Å². The number of pyridine rings is 1. The number of methoxy groups -OCH3 is 1. The highest BCUT2D eigenvalue weighted by molar-refractivity contribution is 5.92. The molecule has 8 nitrogen and oxygen atoms in total. The van der Waals surface area contributed by atoms with E-state index in [0.717, 1.165) is 46.4 Å². The van der Waals surface area contributed by atoms with E-state index in [1.54, 1.807) is 37.4 Å². The Balaban J connectivity index is 1.34. The van der Waals surface area contributed by atoms with Crippen LogP contribution < -0.4 is 4.74 Å². The van der Waals surface area contributed by atoms with Crippen LogP contribution in [0.5, 0.6) is 5.88 Å². The van der Waals surface area contributed by atoms with Gasteiger partial charge in [-0.15, -0.1) is 0 Å². The molecule has 1 aliphatic rings. The fraction of sp³-hybridized carbons (Fsp3) is 0.270. The summed E-state index contributed by atoms with van der Waals surface area (Å²) < 4.78 is 27.5. The van der Waals surface area contributed by atoms with Crippen LogP contribution in [0.3, 0.4) is 0 Å². The van der Waals surface area contributed by atoms with E-state index in [0.29, 0.717) is 42.2 Å². The summed E-state index contributed by atoms with van der Waals surface area (Å²) in [5, 5.41) is 19.5. The summed E-state index contributed by atoms with van der Waals surface area (Å²) in [5.41, 5.74) is 5.75. The van der Waals surface area contributed by atoms with Crippen molar-refractivity contribution >= 4 is 17.0 Å². The van der Waals surface area contributed by atoms with Gasteiger partial charge in [0.05, 0.1) is 40.9 Å². The van der Waals surface area contributed by atoms with Gasteiger partial charge in [-0.3, -0.25) is 0 Å². The predicted octanol–water partition coefficient (Wildman–Crippen LogP) is 6.18. The highest BCUT2D eigenvalue weighted by Gasteiger charge is 2.40. The van der Waals surface area contributed by atoms with Crippen molar-refractivity contribution in [2.45, 2.75) is 39.3 Å². The van der Waals surface area contributed by atoms with Crippen molar-refractivity contribution < 1.29 is 28.9 Å². The molecular weight excluding hydrogens is 585 g/mol. The number of carbonyl (C=O) groups is 1. The highest BCUT2D eigenvalue weighted by Crippen LogP contribution is 2.44. The van der Waals surface area contributed by atoms with Crippen LogP contribution in [-0.2, 0) is 24.3 Å². The number of aliphatic hydroxyl groups excluding tert-OH is 1. The third-order valence-electron chi connectivity index (χ3n) is 8.27. The van der Waals surface area contributed by atoms with Crippen molar-refractivity contribution in [1.82, 2.24) is 14.5 Å². The van der Waals surface area contributed by atoms with Crippen molar-refractivity contribution in [2.24, 2.45) is 5.41 Å². The normalized spacial score (nSPS) is 13.3. The van der Waals surface area contributed by atoms with Crippen molar-refractivity contribution in [1.29, 1.82) is 0 Å². The van der Waals surface area contributed by atoms with E-state index in [9.17, 15) is 19.4 Å². The lowest BCUT2D eigenvalue weighted by atomic mass is 9.98. The van der Waals surface area contributed by atoms with Crippen molar-refractivity contribution in [3.05, 3.63) is 112 Å². The first-order valence-electron chi connectivity index (χ1n) is 15.1. The van der Waals surface area contributed by atoms with Gasteiger partial charge < -0.3 is 24.3 Å². The second-order valence-corrected chi connectivity index (χ2v) is 11.7. The van der Waals surface area contributed by atoms with Crippen LogP contribution >= 0.6 is 0 Å². The maximum absolute atomic E-state index is 14.4. The first-order chi connectivity index (χ1) is 22.3. The standard InChI is InChI=1S/C37H34FN3O5/c1-24-6-7-29(30(38)18-24)22-46-35-5-3-4-31(40-35)27-9-8-25(26(19-27)12-13-37(23-42)14-15-37)21-34-39-32-11-10-28(36(43)44)20-33(32)41(34)16-17-45-2/h3-11,18-20,42H,14-17,21-23H2,1-2H3,(H,43,44). The smallest absolute Gasteiger partial charge is 0.335 e. The lowest BCUT2D eigenvalue weighted by Crippen LogP contribution is -2.10. The minimum Gasteiger partial charge on any atom is -0.478 e. The second-order valence-electron chi connectivity index (χ2n) is 11.7. The molecule has 2 heterocycles. The Bertz CT molecular complexity index is 1990. The van der Waals surface area contributed by atoms with Gasteiger partial charge in [-0.1, -0.05) is 42.2 Å². The van der Waals surface area contributed by atoms with Crippen LogP contribution in [0.15, 0.2) is 72.8 Å². The number of hydrogen-bond acceptors (Lipinski definition) is 6. The molecular formula is C37H34FN3O5. The number of imidazole rings is 1. The minimum atomic E-state index is -1.00. The number of halogens is 1. The summed E-state index contributed by atoms with van der Waals surface area (Å²) >= 11 is 0. The van der Waals surface area contributed by atoms with Crippen LogP contribution in [0, 0.1) is 30.0 Å². The molecule has 0 unspecified atom stereocenters. The number of aliphatic hydroxyl groups is 1. The SMILES string of the molecule is COCCn1c(Cc2ccc(-c3cccc(OCc4ccc(C)cc4F)n3)cc2C#CC2(CO)CC2)nc2ccc(C(=O)O)cc21. The van der Waals surface area contributed by atoms with Crippen LogP contribution in [0.2, 0.25) is 0 Å². The number of aromatic carboxylic acids is 1. The van der Waals surface area contributed by atoms with Gasteiger partial charge in [0.15, 0.2) is 0 Å². The molecule has 6 rings (SSSR count). The zero-order valence-electron chi connectivity index (χ0n) is 25.7. The number of carboxylic acids is 1. The molecule has 5 aromatic rings. The fourth-order valence-electron chi connectivity index (χ4n) is 5.30. The second kappa shape index (κ2) is 13.1. The number of hydrogen-bond donors (Lipinski definition) is 2. The molecule has 0 atom stereocenters. The summed E-state index contributed by atoms with van der Waals surface area (Å²) in [6.45, 7) is 2.84. The zero-order valence-corrected chi connectivity index (χ0v) is 25.7. The molecule has 0 saturated heterocycles. The topological polar surface area (TPSA) is 107 Å². The van der Waals surface area contributed by atoms with Crippen LogP contribution in [0.1, 0.15) is 51.3 Å². The van der Waals surface area contributed by atoms with Crippen molar-refractivity contribution in [2.75, 3.05) is 20.3 Å². The van der Waals surface area contributed by atoms with E-state index in [1.807, 2.05) is 47.9 Å². The van der Waals surface area contributed by atoms with Gasteiger partial charge in [-0.05, 0) is 67.3 Å². The van der Waals surface area contributed by atoms with Crippen LogP contribution in [0.25, 0.3) is 22.3 Å². The van der Waals surface area contributed by atoms with Gasteiger partial charge in [0.25, 0.3) is 0 Å². The highest BCUT2D eigenvalue weighted by atomic mass is 19.1. The molecule has 0 radical (unpaired) electrons. The maximum atomic E-state index is 14.4. The fourth-order valence-corrected chi connectivity index (χ4v) is 5.30. The number of benzene rings is 3. The number of rotatable bonds is 11. The Kier molecular flexibility index (Phi) is 8.84. The average molecular weight is 620 g/mol. The summed E-state index contributed by atoms with van der Waals surface area (Å²) in [7, 11) is 1.62. The summed E-state index contributed by atoms with van der Waals surface area (Å²) in [6.07, 6.45) is 2.15. The molecule has 9 heteroatoms. The molecule has 1 saturated carbocycles. The van der Waals surface area contributed by atoms with Crippen molar-refractivity contribution in [3.63, 3.8) is 0 Å². The molecule has 2 aromatic heterocycles. The summed E-state index contributed by atoms with van der Waals surface area (Å²) in [4.78, 5) is 21.2. The first-order valence-corrected chi connectivity index (χ1v) is 15.1. The third-order valence-corrected chi connectivity index (χ3v) is 8.27. The molecule has 0 aliphatic heterocycles. The predicted molar refractivity (Wildman–Crippen MR) is 172 cm³/mol. The van der Waals surface area contributed by atoms with E-state index in [1.165, 1.54) is 6.07 Å². The van der Waals surface area contributed by atoms with Gasteiger partial charge in [0.1, 0.15) is 18.2 Å². The molecule has 0 amide bonds. The molecule has 3 aromatic carbocycles. The Morgan fingerprint density at radius 3 is 2.61 bits per heavy atom. The number of ether oxygens (including phenoxy) is 2. The molecule has 234 valence electrons. The summed E-state index contributed by atoms with van der Waals surface area (Å²) in [5.74, 6) is 6.46. The Hall–Kier alpha value is -5.04. The Morgan fingerprint density at radius 1 is 1.04 bits per heavy atom. The quantitative estimate of drug-likeness (QED) is 0.170. The molecule has 1 aliphatic carbocycles. The Morgan fingerprint density at radius 2 is 1.87 bits per heavy atom. The average Bonchev–Trinajstić information content (AvgIpc) is 3.77. The van der Waals surface area contributed by atoms with Gasteiger partial charge in [-0.25, -0.2) is 19.2 Å². The molecule has 46 heavy (non-hydrogen) atoms. The van der Waals surface area contributed by atoms with Crippen LogP contribution in [-0.4, -0.2) is 51.0 Å². The number of aryl methyl sites for hydroxylation is 1. The van der Waals surface area contributed by atoms with Crippen LogP contribution in [0.4, 0.5) is 4.39 Å². The molecule has 0 bridgehead atoms. The van der Waals surface area contributed by atoms with Gasteiger partial charge in [0.2, 0.25) is 5.88 Å². The first kappa shape index (κ1) is 31.0. The Labute approximate surface area is 266 Å². The van der Waals surface area contributed by atoms with E-state index in [2.05, 4.69) is 16.8 Å². The number of carboxylic acid groups (broad SMARTS) is 1. The van der Waals surface area contributed by atoms with Gasteiger partial charge in [-0.2, -0.15) is 0 Å². The minimum absolute atomic E-state index is 0.0102. The number of fused-ring (bicyclic) bond motifs is 1. The van der Waals surface area contributed by atoms with E-state index in [4.69, 9.17) is 14.5 Å². The molecule has 0 spiro atoms. The summed E-state index contributed by atoms with van der Waals surface area (Å²) in [6, 6.07) is 21.4. The van der Waals surface area contributed by atoms with E-state index >= 15 is 0 Å². The van der Waals surface area contributed by atoms with Gasteiger partial charge in [0, 0.05) is 42.8 Å². The lowest BCUT2D eigenvalue weighted by molar-refractivity contribution is 0.0697. The lowest BCUT2D eigenvalue weighted by Gasteiger charge is -2.12. The van der Waals surface area contributed by atoms with E-state index < -0.39 is 5.97 Å². The monoisotopic (exact) mass is 619 g/mol. The molecule has 1 fully saturated rings. The zero-order chi connectivity index (χ0) is 32.3. The maximum Gasteiger partial charge on any atom is 0.335 e. The third kappa shape index (κ3) is 6.79. The van der Waals surface area contributed by atoms with Crippen molar-refractivity contribution in [3.8, 4) is 29.0 Å². The largest absolute Gasteiger partial charge is 0.478 e. The molecule has 2 N–H and O–H groups in total. The van der Waals surface area contributed by atoms with E-state index in [-0.39, 0.29) is 30.0 Å².